The van der Waals surface area contributed by atoms with Gasteiger partial charge in [0.1, 0.15) is 0 Å². The predicted molar refractivity (Wildman–Crippen MR) is 56.9 cm³/mol. The maximum Gasteiger partial charge on any atom is 0.161 e. The molecule has 0 aliphatic rings. The summed E-state index contributed by atoms with van der Waals surface area (Å²) in [4.78, 5) is 0. The molecule has 1 aromatic carbocycles. The van der Waals surface area contributed by atoms with Gasteiger partial charge in [0, 0.05) is 6.54 Å². The van der Waals surface area contributed by atoms with Gasteiger partial charge in [0.25, 0.3) is 0 Å². The van der Waals surface area contributed by atoms with E-state index < -0.39 is 0 Å². The number of nitrogens with zero attached hydrogens (tertiary/aromatic N) is 1. The number of ether oxygens (including phenoxy) is 2. The Balaban J connectivity index is 2.71. The summed E-state index contributed by atoms with van der Waals surface area (Å²) < 4.78 is 10.3. The van der Waals surface area contributed by atoms with Gasteiger partial charge in [-0.25, -0.2) is 0 Å². The zero-order chi connectivity index (χ0) is 11.1. The molecule has 0 spiro atoms. The molecule has 1 rings (SSSR count). The third-order valence-electron chi connectivity index (χ3n) is 1.98. The van der Waals surface area contributed by atoms with E-state index in [4.69, 9.17) is 14.7 Å². The highest BCUT2D eigenvalue weighted by Crippen LogP contribution is 2.27. The molecule has 0 atom stereocenters. The van der Waals surface area contributed by atoms with Gasteiger partial charge in [0.05, 0.1) is 26.8 Å². The summed E-state index contributed by atoms with van der Waals surface area (Å²) in [6.07, 6.45) is 0. The highest BCUT2D eigenvalue weighted by Gasteiger charge is 2.03. The van der Waals surface area contributed by atoms with Crippen molar-refractivity contribution in [1.82, 2.24) is 5.32 Å². The second kappa shape index (κ2) is 5.89. The Kier molecular flexibility index (Phi) is 4.45. The Bertz CT molecular complexity index is 358. The van der Waals surface area contributed by atoms with Crippen molar-refractivity contribution in [3.05, 3.63) is 23.8 Å². The molecule has 0 amide bonds. The lowest BCUT2D eigenvalue weighted by molar-refractivity contribution is 0.354. The standard InChI is InChI=1S/C11H14N2O2/c1-14-10-4-3-9(7-11(10)15-2)8-13-6-5-12/h3-4,7,13H,6,8H2,1-2H3. The summed E-state index contributed by atoms with van der Waals surface area (Å²) in [5.41, 5.74) is 1.06. The summed E-state index contributed by atoms with van der Waals surface area (Å²) in [5, 5.41) is 11.4. The lowest BCUT2D eigenvalue weighted by Crippen LogP contribution is -2.12. The average Bonchev–Trinajstić information content (AvgIpc) is 2.29. The van der Waals surface area contributed by atoms with E-state index in [0.717, 1.165) is 5.56 Å². The summed E-state index contributed by atoms with van der Waals surface area (Å²) in [6.45, 7) is 0.988. The van der Waals surface area contributed by atoms with Crippen molar-refractivity contribution in [2.24, 2.45) is 0 Å². The molecule has 0 saturated carbocycles. The Morgan fingerprint density at radius 1 is 1.27 bits per heavy atom. The van der Waals surface area contributed by atoms with Crippen molar-refractivity contribution in [2.75, 3.05) is 20.8 Å². The van der Waals surface area contributed by atoms with Crippen LogP contribution in [0.3, 0.4) is 0 Å². The summed E-state index contributed by atoms with van der Waals surface area (Å²) in [6, 6.07) is 7.70. The number of benzene rings is 1. The fraction of sp³-hybridized carbons (Fsp3) is 0.364. The Morgan fingerprint density at radius 3 is 2.60 bits per heavy atom. The SMILES string of the molecule is COc1ccc(CNCC#N)cc1OC. The van der Waals surface area contributed by atoms with Gasteiger partial charge in [0.2, 0.25) is 0 Å². The summed E-state index contributed by atoms with van der Waals surface area (Å²) in [7, 11) is 3.20. The molecule has 1 N–H and O–H groups in total. The van der Waals surface area contributed by atoms with Crippen LogP contribution in [0.2, 0.25) is 0 Å². The first-order chi connectivity index (χ1) is 7.31. The van der Waals surface area contributed by atoms with Crippen molar-refractivity contribution >= 4 is 0 Å². The Labute approximate surface area is 89.4 Å². The first-order valence-corrected chi connectivity index (χ1v) is 4.60. The fourth-order valence-electron chi connectivity index (χ4n) is 1.25. The number of nitriles is 1. The quantitative estimate of drug-likeness (QED) is 0.583. The summed E-state index contributed by atoms with van der Waals surface area (Å²) in [5.74, 6) is 1.41. The first kappa shape index (κ1) is 11.3. The molecule has 0 heterocycles. The number of nitrogens with one attached hydrogen (secondary N) is 1. The molecule has 4 nitrogen and oxygen atoms in total. The number of hydrogen-bond acceptors (Lipinski definition) is 4. The van der Waals surface area contributed by atoms with Gasteiger partial charge >= 0.3 is 0 Å². The summed E-state index contributed by atoms with van der Waals surface area (Å²) >= 11 is 0. The van der Waals surface area contributed by atoms with Crippen LogP contribution in [0.4, 0.5) is 0 Å². The second-order valence-corrected chi connectivity index (χ2v) is 2.95. The van der Waals surface area contributed by atoms with Crippen LogP contribution >= 0.6 is 0 Å². The number of rotatable bonds is 5. The zero-order valence-corrected chi connectivity index (χ0v) is 8.91. The van der Waals surface area contributed by atoms with E-state index in [1.54, 1.807) is 14.2 Å². The Morgan fingerprint density at radius 2 is 2.00 bits per heavy atom. The van der Waals surface area contributed by atoms with E-state index >= 15 is 0 Å². The topological polar surface area (TPSA) is 54.3 Å². The molecule has 0 bridgehead atoms. The molecule has 0 fully saturated rings. The molecule has 0 unspecified atom stereocenters. The highest BCUT2D eigenvalue weighted by atomic mass is 16.5. The molecule has 80 valence electrons. The largest absolute Gasteiger partial charge is 0.493 e. The Hall–Kier alpha value is -1.73. The van der Waals surface area contributed by atoms with Crippen LogP contribution in [0.25, 0.3) is 0 Å². The first-order valence-electron chi connectivity index (χ1n) is 4.60. The van der Waals surface area contributed by atoms with Gasteiger partial charge in [-0.05, 0) is 17.7 Å². The van der Waals surface area contributed by atoms with Crippen LogP contribution in [0.5, 0.6) is 11.5 Å². The maximum absolute atomic E-state index is 8.37. The van der Waals surface area contributed by atoms with Crippen LogP contribution in [-0.2, 0) is 6.54 Å². The normalized spacial score (nSPS) is 9.40. The minimum absolute atomic E-state index is 0.342. The smallest absolute Gasteiger partial charge is 0.161 e. The maximum atomic E-state index is 8.37. The second-order valence-electron chi connectivity index (χ2n) is 2.95. The van der Waals surface area contributed by atoms with Gasteiger partial charge in [-0.1, -0.05) is 6.07 Å². The van der Waals surface area contributed by atoms with Gasteiger partial charge in [-0.3, -0.25) is 0 Å². The number of methoxy groups -OCH3 is 2. The van der Waals surface area contributed by atoms with Crippen LogP contribution < -0.4 is 14.8 Å². The van der Waals surface area contributed by atoms with Gasteiger partial charge in [0.15, 0.2) is 11.5 Å². The van der Waals surface area contributed by atoms with Crippen molar-refractivity contribution in [2.45, 2.75) is 6.54 Å². The van der Waals surface area contributed by atoms with Crippen LogP contribution in [-0.4, -0.2) is 20.8 Å². The molecule has 15 heavy (non-hydrogen) atoms. The van der Waals surface area contributed by atoms with Crippen molar-refractivity contribution in [1.29, 1.82) is 5.26 Å². The molecule has 0 radical (unpaired) electrons. The molecular weight excluding hydrogens is 192 g/mol. The number of hydrogen-bond donors (Lipinski definition) is 1. The molecule has 4 heteroatoms. The molecule has 0 aliphatic carbocycles. The molecule has 0 aromatic heterocycles. The molecular formula is C11H14N2O2. The van der Waals surface area contributed by atoms with E-state index in [-0.39, 0.29) is 0 Å². The monoisotopic (exact) mass is 206 g/mol. The molecule has 0 aliphatic heterocycles. The van der Waals surface area contributed by atoms with Crippen LogP contribution in [0.1, 0.15) is 5.56 Å². The van der Waals surface area contributed by atoms with Crippen molar-refractivity contribution in [3.8, 4) is 17.6 Å². The third-order valence-corrected chi connectivity index (χ3v) is 1.98. The highest BCUT2D eigenvalue weighted by molar-refractivity contribution is 5.42. The van der Waals surface area contributed by atoms with Gasteiger partial charge in [-0.15, -0.1) is 0 Å². The van der Waals surface area contributed by atoms with E-state index in [1.165, 1.54) is 0 Å². The van der Waals surface area contributed by atoms with E-state index in [1.807, 2.05) is 24.3 Å². The average molecular weight is 206 g/mol. The lowest BCUT2D eigenvalue weighted by atomic mass is 10.2. The molecule has 0 saturated heterocycles. The molecule has 1 aromatic rings. The van der Waals surface area contributed by atoms with Gasteiger partial charge < -0.3 is 14.8 Å². The lowest BCUT2D eigenvalue weighted by Gasteiger charge is -2.09. The third kappa shape index (κ3) is 3.15. The zero-order valence-electron chi connectivity index (χ0n) is 8.91. The van der Waals surface area contributed by atoms with E-state index in [2.05, 4.69) is 5.32 Å². The van der Waals surface area contributed by atoms with E-state index in [0.29, 0.717) is 24.6 Å². The fourth-order valence-corrected chi connectivity index (χ4v) is 1.25. The van der Waals surface area contributed by atoms with E-state index in [9.17, 15) is 0 Å². The predicted octanol–water partition coefficient (Wildman–Crippen LogP) is 1.32. The minimum atomic E-state index is 0.342. The minimum Gasteiger partial charge on any atom is -0.493 e. The van der Waals surface area contributed by atoms with Crippen molar-refractivity contribution in [3.63, 3.8) is 0 Å². The van der Waals surface area contributed by atoms with Gasteiger partial charge in [-0.2, -0.15) is 5.26 Å². The van der Waals surface area contributed by atoms with Crippen molar-refractivity contribution < 1.29 is 9.47 Å². The van der Waals surface area contributed by atoms with Crippen LogP contribution in [0.15, 0.2) is 18.2 Å². The van der Waals surface area contributed by atoms with Crippen LogP contribution in [0, 0.1) is 11.3 Å².